The lowest BCUT2D eigenvalue weighted by Crippen LogP contribution is -2.26. The highest BCUT2D eigenvalue weighted by Crippen LogP contribution is 2.28. The summed E-state index contributed by atoms with van der Waals surface area (Å²) >= 11 is 0. The van der Waals surface area contributed by atoms with Crippen LogP contribution in [0.2, 0.25) is 19.6 Å². The first-order valence-corrected chi connectivity index (χ1v) is 9.99. The molecule has 1 N–H and O–H groups in total. The van der Waals surface area contributed by atoms with E-state index in [-0.39, 0.29) is 0 Å². The largest absolute Gasteiger partial charge is 0.312 e. The Kier molecular flexibility index (Phi) is 3.55. The summed E-state index contributed by atoms with van der Waals surface area (Å²) in [5.41, 5.74) is 4.54. The molecule has 0 saturated heterocycles. The van der Waals surface area contributed by atoms with Crippen molar-refractivity contribution in [1.82, 2.24) is 5.32 Å². The predicted molar refractivity (Wildman–Crippen MR) is 79.0 cm³/mol. The van der Waals surface area contributed by atoms with Gasteiger partial charge < -0.3 is 5.32 Å². The number of allylic oxidation sites excluding steroid dienone is 1. The first kappa shape index (κ1) is 12.6. The Morgan fingerprint density at radius 1 is 1.18 bits per heavy atom. The molecular formula is C15H23NSi. The molecule has 1 nitrogen and oxygen atoms in total. The van der Waals surface area contributed by atoms with Crippen LogP contribution >= 0.6 is 0 Å². The van der Waals surface area contributed by atoms with Gasteiger partial charge in [0, 0.05) is 6.54 Å². The fraction of sp³-hybridized carbons (Fsp3) is 0.467. The molecule has 0 spiro atoms. The summed E-state index contributed by atoms with van der Waals surface area (Å²) in [6, 6.07) is 8.90. The van der Waals surface area contributed by atoms with Crippen molar-refractivity contribution in [2.45, 2.75) is 33.0 Å². The van der Waals surface area contributed by atoms with E-state index in [1.54, 1.807) is 10.8 Å². The van der Waals surface area contributed by atoms with E-state index in [1.807, 2.05) is 0 Å². The smallest absolute Gasteiger partial charge is 0.0725 e. The second kappa shape index (κ2) is 4.79. The van der Waals surface area contributed by atoms with Crippen LogP contribution in [0.15, 0.2) is 29.5 Å². The van der Waals surface area contributed by atoms with Crippen molar-refractivity contribution in [2.24, 2.45) is 0 Å². The van der Waals surface area contributed by atoms with Gasteiger partial charge in [-0.05, 0) is 36.6 Å². The number of fused-ring (bicyclic) bond motifs is 1. The monoisotopic (exact) mass is 245 g/mol. The highest BCUT2D eigenvalue weighted by atomic mass is 28.3. The molecule has 1 aliphatic rings. The minimum atomic E-state index is -1.20. The number of hydrogen-bond acceptors (Lipinski definition) is 1. The number of hydrogen-bond donors (Lipinski definition) is 1. The lowest BCUT2D eigenvalue weighted by atomic mass is 9.99. The fourth-order valence-electron chi connectivity index (χ4n) is 2.35. The highest BCUT2D eigenvalue weighted by molar-refractivity contribution is 6.83. The molecule has 0 radical (unpaired) electrons. The third kappa shape index (κ3) is 2.69. The molecule has 0 amide bonds. The van der Waals surface area contributed by atoms with E-state index in [4.69, 9.17) is 0 Å². The lowest BCUT2D eigenvalue weighted by Gasteiger charge is -2.23. The molecule has 0 saturated carbocycles. The van der Waals surface area contributed by atoms with Gasteiger partial charge in [-0.2, -0.15) is 0 Å². The topological polar surface area (TPSA) is 12.0 Å². The van der Waals surface area contributed by atoms with E-state index < -0.39 is 8.07 Å². The van der Waals surface area contributed by atoms with Crippen LogP contribution in [-0.4, -0.2) is 21.2 Å². The number of benzene rings is 1. The second-order valence-corrected chi connectivity index (χ2v) is 11.2. The van der Waals surface area contributed by atoms with Gasteiger partial charge in [-0.3, -0.25) is 0 Å². The molecule has 0 aromatic heterocycles. The summed E-state index contributed by atoms with van der Waals surface area (Å²) in [6.45, 7) is 11.8. The predicted octanol–water partition coefficient (Wildman–Crippen LogP) is 3.48. The van der Waals surface area contributed by atoms with E-state index in [0.717, 1.165) is 19.5 Å². The minimum Gasteiger partial charge on any atom is -0.312 e. The molecule has 0 fully saturated rings. The zero-order valence-corrected chi connectivity index (χ0v) is 12.4. The maximum atomic E-state index is 3.56. The molecule has 2 heteroatoms. The number of rotatable bonds is 1. The second-order valence-electron chi connectivity index (χ2n) is 5.94. The van der Waals surface area contributed by atoms with Gasteiger partial charge in [-0.15, -0.1) is 0 Å². The Bertz CT molecular complexity index is 440. The average molecular weight is 245 g/mol. The van der Waals surface area contributed by atoms with Crippen molar-refractivity contribution in [3.63, 3.8) is 0 Å². The van der Waals surface area contributed by atoms with Gasteiger partial charge in [0.15, 0.2) is 0 Å². The molecule has 17 heavy (non-hydrogen) atoms. The zero-order chi connectivity index (χ0) is 12.5. The SMILES string of the molecule is C/C(=C1/CNCCc2ccccc21)[Si](C)(C)C. The standard InChI is InChI=1S/C15H23NSi/c1-12(17(2,3)4)15-11-16-10-9-13-7-5-6-8-14(13)15/h5-8,16H,9-11H2,1-4H3/b15-12+. The zero-order valence-electron chi connectivity index (χ0n) is 11.4. The minimum absolute atomic E-state index is 1.03. The van der Waals surface area contributed by atoms with Crippen LogP contribution < -0.4 is 5.32 Å². The quantitative estimate of drug-likeness (QED) is 0.747. The molecule has 0 unspecified atom stereocenters. The van der Waals surface area contributed by atoms with Gasteiger partial charge in [-0.1, -0.05) is 49.1 Å². The van der Waals surface area contributed by atoms with Crippen LogP contribution in [0.1, 0.15) is 18.1 Å². The summed E-state index contributed by atoms with van der Waals surface area (Å²) in [5, 5.41) is 5.20. The van der Waals surface area contributed by atoms with Gasteiger partial charge in [-0.25, -0.2) is 0 Å². The molecule has 1 aromatic carbocycles. The lowest BCUT2D eigenvalue weighted by molar-refractivity contribution is 0.765. The molecule has 0 aliphatic carbocycles. The Morgan fingerprint density at radius 3 is 2.59 bits per heavy atom. The summed E-state index contributed by atoms with van der Waals surface area (Å²) < 4.78 is 0. The molecule has 1 heterocycles. The van der Waals surface area contributed by atoms with E-state index >= 15 is 0 Å². The average Bonchev–Trinajstić information content (AvgIpc) is 2.48. The molecular weight excluding hydrogens is 222 g/mol. The van der Waals surface area contributed by atoms with Crippen LogP contribution in [0.5, 0.6) is 0 Å². The van der Waals surface area contributed by atoms with Crippen molar-refractivity contribution in [3.8, 4) is 0 Å². The van der Waals surface area contributed by atoms with Crippen molar-refractivity contribution < 1.29 is 0 Å². The number of nitrogens with one attached hydrogen (secondary N) is 1. The van der Waals surface area contributed by atoms with E-state index in [1.165, 1.54) is 11.1 Å². The normalized spacial score (nSPS) is 19.5. The third-order valence-corrected chi connectivity index (χ3v) is 6.34. The summed E-state index contributed by atoms with van der Waals surface area (Å²) in [5.74, 6) is 0. The Hall–Kier alpha value is -0.863. The maximum Gasteiger partial charge on any atom is 0.0725 e. The molecule has 0 bridgehead atoms. The van der Waals surface area contributed by atoms with Crippen LogP contribution in [0.25, 0.3) is 5.57 Å². The van der Waals surface area contributed by atoms with Crippen molar-refractivity contribution in [1.29, 1.82) is 0 Å². The molecule has 0 atom stereocenters. The van der Waals surface area contributed by atoms with Crippen LogP contribution in [0, 0.1) is 0 Å². The van der Waals surface area contributed by atoms with Crippen molar-refractivity contribution in [3.05, 3.63) is 40.6 Å². The summed E-state index contributed by atoms with van der Waals surface area (Å²) in [4.78, 5) is 0. The van der Waals surface area contributed by atoms with Crippen molar-refractivity contribution >= 4 is 13.6 Å². The van der Waals surface area contributed by atoms with Gasteiger partial charge >= 0.3 is 0 Å². The first-order chi connectivity index (χ1) is 8.00. The summed E-state index contributed by atoms with van der Waals surface area (Å²) in [6.07, 6.45) is 1.15. The van der Waals surface area contributed by atoms with Crippen LogP contribution in [0.3, 0.4) is 0 Å². The summed E-state index contributed by atoms with van der Waals surface area (Å²) in [7, 11) is -1.20. The molecule has 1 aromatic rings. The van der Waals surface area contributed by atoms with Gasteiger partial charge in [0.2, 0.25) is 0 Å². The van der Waals surface area contributed by atoms with Gasteiger partial charge in [0.25, 0.3) is 0 Å². The Balaban J connectivity index is 2.56. The highest BCUT2D eigenvalue weighted by Gasteiger charge is 2.22. The van der Waals surface area contributed by atoms with Crippen LogP contribution in [-0.2, 0) is 6.42 Å². The third-order valence-electron chi connectivity index (χ3n) is 3.79. The molecule has 2 rings (SSSR count). The van der Waals surface area contributed by atoms with Gasteiger partial charge in [0.1, 0.15) is 0 Å². The Morgan fingerprint density at radius 2 is 1.88 bits per heavy atom. The fourth-order valence-corrected chi connectivity index (χ4v) is 3.48. The molecule has 92 valence electrons. The first-order valence-electron chi connectivity index (χ1n) is 6.49. The van der Waals surface area contributed by atoms with Crippen molar-refractivity contribution in [2.75, 3.05) is 13.1 Å². The van der Waals surface area contributed by atoms with Gasteiger partial charge in [0.05, 0.1) is 8.07 Å². The van der Waals surface area contributed by atoms with E-state index in [9.17, 15) is 0 Å². The van der Waals surface area contributed by atoms with Crippen LogP contribution in [0.4, 0.5) is 0 Å². The Labute approximate surface area is 106 Å². The van der Waals surface area contributed by atoms with E-state index in [2.05, 4.69) is 56.1 Å². The van der Waals surface area contributed by atoms with E-state index in [0.29, 0.717) is 0 Å². The molecule has 1 aliphatic heterocycles. The maximum absolute atomic E-state index is 3.56.